The molecule has 0 saturated carbocycles. The molecule has 1 aromatic rings. The van der Waals surface area contributed by atoms with E-state index in [1.54, 1.807) is 12.1 Å². The second kappa shape index (κ2) is 11.9. The topological polar surface area (TPSA) is 70.6 Å². The Morgan fingerprint density at radius 2 is 1.74 bits per heavy atom. The Kier molecular flexibility index (Phi) is 11.5. The van der Waals surface area contributed by atoms with Crippen LogP contribution < -0.4 is 10.6 Å². The van der Waals surface area contributed by atoms with Gasteiger partial charge in [0.2, 0.25) is 0 Å². The summed E-state index contributed by atoms with van der Waals surface area (Å²) in [6, 6.07) is 7.07. The molecule has 0 fully saturated rings. The third-order valence-electron chi connectivity index (χ3n) is 4.03. The van der Waals surface area contributed by atoms with Gasteiger partial charge >= 0.3 is 0 Å². The van der Waals surface area contributed by atoms with Crippen LogP contribution in [0, 0.1) is 11.3 Å². The van der Waals surface area contributed by atoms with E-state index in [0.717, 1.165) is 44.0 Å². The van der Waals surface area contributed by atoms with Crippen LogP contribution in [-0.2, 0) is 16.3 Å². The van der Waals surface area contributed by atoms with Gasteiger partial charge in [0.05, 0.1) is 4.90 Å². The first-order chi connectivity index (χ1) is 12.0. The van der Waals surface area contributed by atoms with Gasteiger partial charge in [0.15, 0.2) is 15.8 Å². The minimum absolute atomic E-state index is 0. The molecule has 0 aliphatic carbocycles. The van der Waals surface area contributed by atoms with Crippen molar-refractivity contribution >= 4 is 39.8 Å². The lowest BCUT2D eigenvalue weighted by Crippen LogP contribution is -2.39. The first kappa shape index (κ1) is 26.2. The van der Waals surface area contributed by atoms with Crippen LogP contribution in [0.1, 0.15) is 46.6 Å². The predicted octanol–water partition coefficient (Wildman–Crippen LogP) is 3.88. The molecule has 0 amide bonds. The number of sulfone groups is 1. The number of hydrogen-bond acceptors (Lipinski definition) is 3. The molecule has 0 aromatic heterocycles. The van der Waals surface area contributed by atoms with Crippen LogP contribution >= 0.6 is 24.0 Å². The van der Waals surface area contributed by atoms with Crippen molar-refractivity contribution in [2.75, 3.05) is 25.9 Å². The lowest BCUT2D eigenvalue weighted by Gasteiger charge is -2.25. The number of halogens is 1. The molecule has 0 aliphatic heterocycles. The van der Waals surface area contributed by atoms with Crippen LogP contribution in [0.4, 0.5) is 0 Å². The summed E-state index contributed by atoms with van der Waals surface area (Å²) in [6.45, 7) is 13.4. The van der Waals surface area contributed by atoms with E-state index in [4.69, 9.17) is 4.99 Å². The molecular formula is C20H36IN3O2S. The first-order valence-corrected chi connectivity index (χ1v) is 11.2. The Morgan fingerprint density at radius 1 is 1.15 bits per heavy atom. The standard InChI is InChI=1S/C20H35N3O2S.HI/c1-7-21-19(23-15-20(4,5)14-16(2)3)22-13-12-17-8-10-18(11-9-17)26(6,24)25;/h8-11,16H,7,12-15H2,1-6H3,(H2,21,22,23);1H. The third-order valence-corrected chi connectivity index (χ3v) is 5.16. The van der Waals surface area contributed by atoms with Gasteiger partial charge in [-0.25, -0.2) is 8.42 Å². The molecule has 0 saturated heterocycles. The highest BCUT2D eigenvalue weighted by atomic mass is 127. The summed E-state index contributed by atoms with van der Waals surface area (Å²) in [4.78, 5) is 5.09. The zero-order valence-electron chi connectivity index (χ0n) is 17.5. The average molecular weight is 509 g/mol. The first-order valence-electron chi connectivity index (χ1n) is 9.34. The second-order valence-electron chi connectivity index (χ2n) is 8.05. The highest BCUT2D eigenvalue weighted by Crippen LogP contribution is 2.25. The summed E-state index contributed by atoms with van der Waals surface area (Å²) >= 11 is 0. The predicted molar refractivity (Wildman–Crippen MR) is 126 cm³/mol. The molecule has 0 unspecified atom stereocenters. The van der Waals surface area contributed by atoms with Gasteiger partial charge in [-0.1, -0.05) is 39.8 Å². The Bertz CT molecular complexity index is 684. The maximum atomic E-state index is 11.5. The van der Waals surface area contributed by atoms with Gasteiger partial charge in [-0.15, -0.1) is 24.0 Å². The molecular weight excluding hydrogens is 473 g/mol. The van der Waals surface area contributed by atoms with Gasteiger partial charge < -0.3 is 10.6 Å². The van der Waals surface area contributed by atoms with Gasteiger partial charge in [-0.05, 0) is 48.8 Å². The molecule has 156 valence electrons. The zero-order chi connectivity index (χ0) is 19.8. The molecule has 7 heteroatoms. The number of rotatable bonds is 9. The number of aliphatic imine (C=N–C) groups is 1. The lowest BCUT2D eigenvalue weighted by molar-refractivity contribution is 0.298. The molecule has 1 aromatic carbocycles. The maximum Gasteiger partial charge on any atom is 0.191 e. The molecule has 2 N–H and O–H groups in total. The van der Waals surface area contributed by atoms with E-state index in [-0.39, 0.29) is 29.4 Å². The minimum Gasteiger partial charge on any atom is -0.357 e. The second-order valence-corrected chi connectivity index (χ2v) is 10.1. The summed E-state index contributed by atoms with van der Waals surface area (Å²) in [5.41, 5.74) is 1.28. The molecule has 1 rings (SSSR count). The Balaban J connectivity index is 0.00000676. The van der Waals surface area contributed by atoms with Crippen molar-refractivity contribution in [3.05, 3.63) is 29.8 Å². The normalized spacial score (nSPS) is 12.6. The van der Waals surface area contributed by atoms with Crippen molar-refractivity contribution in [1.82, 2.24) is 10.6 Å². The van der Waals surface area contributed by atoms with Crippen molar-refractivity contribution in [3.63, 3.8) is 0 Å². The fourth-order valence-electron chi connectivity index (χ4n) is 3.03. The summed E-state index contributed by atoms with van der Waals surface area (Å²) in [6.07, 6.45) is 3.18. The van der Waals surface area contributed by atoms with Gasteiger partial charge in [0.1, 0.15) is 0 Å². The fraction of sp³-hybridized carbons (Fsp3) is 0.650. The highest BCUT2D eigenvalue weighted by Gasteiger charge is 2.19. The SMILES string of the molecule is CCNC(=NCC(C)(C)CC(C)C)NCCc1ccc(S(C)(=O)=O)cc1.I. The van der Waals surface area contributed by atoms with Crippen molar-refractivity contribution in [3.8, 4) is 0 Å². The van der Waals surface area contributed by atoms with Crippen LogP contribution in [0.25, 0.3) is 0 Å². The molecule has 0 bridgehead atoms. The van der Waals surface area contributed by atoms with Gasteiger partial charge in [0.25, 0.3) is 0 Å². The van der Waals surface area contributed by atoms with Gasteiger partial charge in [-0.3, -0.25) is 4.99 Å². The molecule has 0 spiro atoms. The fourth-order valence-corrected chi connectivity index (χ4v) is 3.66. The van der Waals surface area contributed by atoms with E-state index in [1.165, 1.54) is 6.26 Å². The molecule has 0 heterocycles. The van der Waals surface area contributed by atoms with Crippen LogP contribution in [0.15, 0.2) is 34.2 Å². The molecule has 27 heavy (non-hydrogen) atoms. The van der Waals surface area contributed by atoms with Crippen LogP contribution in [0.5, 0.6) is 0 Å². The smallest absolute Gasteiger partial charge is 0.191 e. The quantitative estimate of drug-likeness (QED) is 0.301. The van der Waals surface area contributed by atoms with Gasteiger partial charge in [-0.2, -0.15) is 0 Å². The van der Waals surface area contributed by atoms with Crippen LogP contribution in [-0.4, -0.2) is 40.3 Å². The lowest BCUT2D eigenvalue weighted by atomic mass is 9.84. The number of nitrogens with zero attached hydrogens (tertiary/aromatic N) is 1. The maximum absolute atomic E-state index is 11.5. The number of guanidine groups is 1. The molecule has 0 radical (unpaired) electrons. The molecule has 0 atom stereocenters. The van der Waals surface area contributed by atoms with E-state index in [2.05, 4.69) is 45.3 Å². The van der Waals surface area contributed by atoms with E-state index in [9.17, 15) is 8.42 Å². The monoisotopic (exact) mass is 509 g/mol. The average Bonchev–Trinajstić information content (AvgIpc) is 2.51. The summed E-state index contributed by atoms with van der Waals surface area (Å²) in [5, 5.41) is 6.64. The van der Waals surface area contributed by atoms with E-state index in [1.807, 2.05) is 12.1 Å². The third kappa shape index (κ3) is 10.9. The Morgan fingerprint density at radius 3 is 2.22 bits per heavy atom. The van der Waals surface area contributed by atoms with Crippen molar-refractivity contribution in [1.29, 1.82) is 0 Å². The van der Waals surface area contributed by atoms with Crippen molar-refractivity contribution in [2.45, 2.75) is 52.4 Å². The van der Waals surface area contributed by atoms with E-state index in [0.29, 0.717) is 10.8 Å². The van der Waals surface area contributed by atoms with E-state index >= 15 is 0 Å². The van der Waals surface area contributed by atoms with Crippen LogP contribution in [0.3, 0.4) is 0 Å². The number of hydrogen-bond donors (Lipinski definition) is 2. The highest BCUT2D eigenvalue weighted by molar-refractivity contribution is 14.0. The Hall–Kier alpha value is -0.830. The summed E-state index contributed by atoms with van der Waals surface area (Å²) in [7, 11) is -3.14. The minimum atomic E-state index is -3.14. The zero-order valence-corrected chi connectivity index (χ0v) is 20.6. The largest absolute Gasteiger partial charge is 0.357 e. The van der Waals surface area contributed by atoms with Gasteiger partial charge in [0, 0.05) is 25.9 Å². The Labute approximate surface area is 182 Å². The van der Waals surface area contributed by atoms with E-state index < -0.39 is 9.84 Å². The molecule has 5 nitrogen and oxygen atoms in total. The summed E-state index contributed by atoms with van der Waals surface area (Å²) in [5.74, 6) is 1.49. The molecule has 0 aliphatic rings. The summed E-state index contributed by atoms with van der Waals surface area (Å²) < 4.78 is 23.0. The number of benzene rings is 1. The number of nitrogens with one attached hydrogen (secondary N) is 2. The van der Waals surface area contributed by atoms with Crippen LogP contribution in [0.2, 0.25) is 0 Å². The van der Waals surface area contributed by atoms with Crippen molar-refractivity contribution < 1.29 is 8.42 Å². The van der Waals surface area contributed by atoms with Crippen molar-refractivity contribution in [2.24, 2.45) is 16.3 Å².